The highest BCUT2D eigenvalue weighted by molar-refractivity contribution is 7.89. The predicted molar refractivity (Wildman–Crippen MR) is 116 cm³/mol. The Morgan fingerprint density at radius 3 is 2.39 bits per heavy atom. The Balaban J connectivity index is 1.69. The first kappa shape index (κ1) is 24.5. The Morgan fingerprint density at radius 2 is 1.76 bits per heavy atom. The van der Waals surface area contributed by atoms with Gasteiger partial charge < -0.3 is 4.90 Å². The van der Waals surface area contributed by atoms with Crippen LogP contribution in [-0.4, -0.2) is 42.6 Å². The number of sulfonamides is 1. The zero-order chi connectivity index (χ0) is 24.4. The molecule has 3 aromatic rings. The van der Waals surface area contributed by atoms with Crippen LogP contribution in [0.1, 0.15) is 22.5 Å². The van der Waals surface area contributed by atoms with Crippen molar-refractivity contribution in [3.8, 4) is 5.69 Å². The van der Waals surface area contributed by atoms with Gasteiger partial charge in [0.05, 0.1) is 28.4 Å². The highest BCUT2D eigenvalue weighted by Gasteiger charge is 2.31. The molecule has 0 fully saturated rings. The van der Waals surface area contributed by atoms with Crippen molar-refractivity contribution < 1.29 is 26.4 Å². The lowest BCUT2D eigenvalue weighted by molar-refractivity contribution is -0.137. The molecule has 176 valence electrons. The van der Waals surface area contributed by atoms with Crippen molar-refractivity contribution in [1.82, 2.24) is 19.4 Å². The van der Waals surface area contributed by atoms with Crippen LogP contribution in [0.2, 0.25) is 0 Å². The first-order valence-electron chi connectivity index (χ1n) is 9.91. The van der Waals surface area contributed by atoms with E-state index in [1.54, 1.807) is 4.68 Å². The monoisotopic (exact) mass is 480 g/mol. The Labute approximate surface area is 189 Å². The SMILES string of the molecule is Cc1nn(-c2ccccc2)c(C)c1CN(C)C(=O)CNS(=O)(=O)c1cccc(C(F)(F)F)c1. The number of rotatable bonds is 7. The van der Waals surface area contributed by atoms with E-state index >= 15 is 0 Å². The van der Waals surface area contributed by atoms with Gasteiger partial charge in [-0.25, -0.2) is 17.8 Å². The standard InChI is InChI=1S/C22H23F3N4O3S/c1-15-20(16(2)29(27-15)18-9-5-4-6-10-18)14-28(3)21(30)13-26-33(31,32)19-11-7-8-17(12-19)22(23,24)25/h4-12,26H,13-14H2,1-3H3. The van der Waals surface area contributed by atoms with Crippen LogP contribution in [0.25, 0.3) is 5.69 Å². The lowest BCUT2D eigenvalue weighted by Crippen LogP contribution is -2.38. The summed E-state index contributed by atoms with van der Waals surface area (Å²) in [6.45, 7) is 3.28. The molecule has 0 atom stereocenters. The number of hydrogen-bond donors (Lipinski definition) is 1. The normalized spacial score (nSPS) is 12.1. The van der Waals surface area contributed by atoms with Crippen molar-refractivity contribution in [3.05, 3.63) is 77.1 Å². The molecule has 0 spiro atoms. The van der Waals surface area contributed by atoms with Gasteiger partial charge in [0.15, 0.2) is 0 Å². The van der Waals surface area contributed by atoms with Gasteiger partial charge in [-0.05, 0) is 44.2 Å². The first-order chi connectivity index (χ1) is 15.4. The summed E-state index contributed by atoms with van der Waals surface area (Å²) in [6.07, 6.45) is -4.68. The molecule has 0 aliphatic rings. The van der Waals surface area contributed by atoms with Crippen LogP contribution in [0.4, 0.5) is 13.2 Å². The fourth-order valence-corrected chi connectivity index (χ4v) is 4.28. The molecule has 0 bridgehead atoms. The minimum Gasteiger partial charge on any atom is -0.340 e. The maximum atomic E-state index is 12.9. The van der Waals surface area contributed by atoms with Crippen molar-refractivity contribution in [2.24, 2.45) is 0 Å². The number of likely N-dealkylation sites (N-methyl/N-ethyl adjacent to an activating group) is 1. The van der Waals surface area contributed by atoms with E-state index in [2.05, 4.69) is 9.82 Å². The number of nitrogens with one attached hydrogen (secondary N) is 1. The van der Waals surface area contributed by atoms with Gasteiger partial charge in [-0.3, -0.25) is 4.79 Å². The van der Waals surface area contributed by atoms with E-state index in [0.29, 0.717) is 6.07 Å². The molecule has 7 nitrogen and oxygen atoms in total. The molecule has 33 heavy (non-hydrogen) atoms. The quantitative estimate of drug-likeness (QED) is 0.562. The number of aryl methyl sites for hydroxylation is 1. The van der Waals surface area contributed by atoms with Gasteiger partial charge in [-0.1, -0.05) is 24.3 Å². The summed E-state index contributed by atoms with van der Waals surface area (Å²) in [4.78, 5) is 13.3. The van der Waals surface area contributed by atoms with Crippen LogP contribution >= 0.6 is 0 Å². The molecule has 1 aromatic heterocycles. The highest BCUT2D eigenvalue weighted by atomic mass is 32.2. The number of alkyl halides is 3. The molecule has 0 unspecified atom stereocenters. The molecule has 1 N–H and O–H groups in total. The van der Waals surface area contributed by atoms with Crippen molar-refractivity contribution in [3.63, 3.8) is 0 Å². The van der Waals surface area contributed by atoms with Crippen LogP contribution in [0.15, 0.2) is 59.5 Å². The molecular formula is C22H23F3N4O3S. The van der Waals surface area contributed by atoms with Crippen LogP contribution in [0.3, 0.4) is 0 Å². The number of nitrogens with zero attached hydrogens (tertiary/aromatic N) is 3. The molecule has 0 saturated heterocycles. The van der Waals surface area contributed by atoms with Gasteiger partial charge in [-0.2, -0.15) is 18.3 Å². The fraction of sp³-hybridized carbons (Fsp3) is 0.273. The number of carbonyl (C=O) groups excluding carboxylic acids is 1. The van der Waals surface area contributed by atoms with Crippen LogP contribution in [0, 0.1) is 13.8 Å². The van der Waals surface area contributed by atoms with Crippen LogP contribution in [-0.2, 0) is 27.5 Å². The van der Waals surface area contributed by atoms with Gasteiger partial charge >= 0.3 is 6.18 Å². The third kappa shape index (κ3) is 5.60. The van der Waals surface area contributed by atoms with Crippen molar-refractivity contribution in [2.45, 2.75) is 31.5 Å². The molecule has 0 aliphatic carbocycles. The van der Waals surface area contributed by atoms with Crippen LogP contribution < -0.4 is 4.72 Å². The van der Waals surface area contributed by atoms with E-state index < -0.39 is 39.1 Å². The molecular weight excluding hydrogens is 457 g/mol. The first-order valence-corrected chi connectivity index (χ1v) is 11.4. The van der Waals surface area contributed by atoms with Gasteiger partial charge in [0.2, 0.25) is 15.9 Å². The average Bonchev–Trinajstić information content (AvgIpc) is 3.06. The number of carbonyl (C=O) groups is 1. The maximum absolute atomic E-state index is 12.9. The molecule has 3 rings (SSSR count). The van der Waals surface area contributed by atoms with E-state index in [9.17, 15) is 26.4 Å². The van der Waals surface area contributed by atoms with Gasteiger partial charge in [0.25, 0.3) is 0 Å². The van der Waals surface area contributed by atoms with Gasteiger partial charge in [0.1, 0.15) is 0 Å². The second-order valence-electron chi connectivity index (χ2n) is 7.50. The van der Waals surface area contributed by atoms with Crippen molar-refractivity contribution >= 4 is 15.9 Å². The Bertz CT molecular complexity index is 1260. The zero-order valence-electron chi connectivity index (χ0n) is 18.2. The largest absolute Gasteiger partial charge is 0.416 e. The Kier molecular flexibility index (Phi) is 6.94. The maximum Gasteiger partial charge on any atom is 0.416 e. The molecule has 0 aliphatic heterocycles. The topological polar surface area (TPSA) is 84.3 Å². The highest BCUT2D eigenvalue weighted by Crippen LogP contribution is 2.30. The third-order valence-corrected chi connectivity index (χ3v) is 6.55. The third-order valence-electron chi connectivity index (χ3n) is 5.15. The molecule has 11 heteroatoms. The minimum absolute atomic E-state index is 0.189. The summed E-state index contributed by atoms with van der Waals surface area (Å²) < 4.78 is 67.3. The predicted octanol–water partition coefficient (Wildman–Crippen LogP) is 3.44. The number of benzene rings is 2. The molecule has 2 aromatic carbocycles. The second-order valence-corrected chi connectivity index (χ2v) is 9.26. The average molecular weight is 481 g/mol. The molecule has 1 heterocycles. The summed E-state index contributed by atoms with van der Waals surface area (Å²) in [7, 11) is -2.79. The minimum atomic E-state index is -4.68. The molecule has 1 amide bonds. The summed E-state index contributed by atoms with van der Waals surface area (Å²) >= 11 is 0. The summed E-state index contributed by atoms with van der Waals surface area (Å²) in [6, 6.07) is 12.8. The smallest absolute Gasteiger partial charge is 0.340 e. The number of hydrogen-bond acceptors (Lipinski definition) is 4. The number of aromatic nitrogens is 2. The zero-order valence-corrected chi connectivity index (χ0v) is 19.0. The summed E-state index contributed by atoms with van der Waals surface area (Å²) in [5.74, 6) is -0.545. The Hall–Kier alpha value is -3.18. The summed E-state index contributed by atoms with van der Waals surface area (Å²) in [5.41, 5.74) is 2.15. The van der Waals surface area contributed by atoms with Crippen molar-refractivity contribution in [1.29, 1.82) is 0 Å². The lowest BCUT2D eigenvalue weighted by atomic mass is 10.2. The van der Waals surface area contributed by atoms with Gasteiger partial charge in [-0.15, -0.1) is 0 Å². The summed E-state index contributed by atoms with van der Waals surface area (Å²) in [5, 5.41) is 4.52. The van der Waals surface area contributed by atoms with Gasteiger partial charge in [0, 0.05) is 24.8 Å². The fourth-order valence-electron chi connectivity index (χ4n) is 3.26. The van der Waals surface area contributed by atoms with E-state index in [1.807, 2.05) is 44.2 Å². The lowest BCUT2D eigenvalue weighted by Gasteiger charge is -2.18. The Morgan fingerprint density at radius 1 is 1.09 bits per heavy atom. The van der Waals surface area contributed by atoms with Crippen molar-refractivity contribution in [2.75, 3.05) is 13.6 Å². The second kappa shape index (κ2) is 9.36. The molecule has 0 radical (unpaired) electrons. The van der Waals surface area contributed by atoms with E-state index in [1.165, 1.54) is 11.9 Å². The van der Waals surface area contributed by atoms with E-state index in [0.717, 1.165) is 40.8 Å². The number of para-hydroxylation sites is 1. The number of halogens is 3. The van der Waals surface area contributed by atoms with Crippen LogP contribution in [0.5, 0.6) is 0 Å². The number of amides is 1. The molecule has 0 saturated carbocycles. The van der Waals surface area contributed by atoms with E-state index in [4.69, 9.17) is 0 Å². The van der Waals surface area contributed by atoms with E-state index in [-0.39, 0.29) is 6.54 Å².